The maximum Gasteiger partial charge on any atom is 0.306 e. The Balaban J connectivity index is 4.41. The summed E-state index contributed by atoms with van der Waals surface area (Å²) in [6.07, 6.45) is 64.8. The largest absolute Gasteiger partial charge is 0.462 e. The van der Waals surface area contributed by atoms with E-state index in [2.05, 4.69) is 39.0 Å². The topological polar surface area (TPSA) is 78.9 Å². The highest BCUT2D eigenvalue weighted by Gasteiger charge is 2.19. The van der Waals surface area contributed by atoms with Crippen molar-refractivity contribution in [3.05, 3.63) is 72.9 Å². The van der Waals surface area contributed by atoms with Gasteiger partial charge in [0.1, 0.15) is 13.2 Å². The molecule has 0 saturated carbocycles. The summed E-state index contributed by atoms with van der Waals surface area (Å²) in [6.45, 7) is 6.42. The predicted octanol–water partition coefficient (Wildman–Crippen LogP) is 17.4. The number of rotatable bonds is 47. The Labute approximate surface area is 389 Å². The first-order chi connectivity index (χ1) is 31.0. The fourth-order valence-electron chi connectivity index (χ4n) is 7.35. The summed E-state index contributed by atoms with van der Waals surface area (Å²) < 4.78 is 16.7. The maximum atomic E-state index is 12.7. The monoisotopic (exact) mass is 879 g/mol. The lowest BCUT2D eigenvalue weighted by atomic mass is 10.0. The molecule has 0 radical (unpaired) electrons. The minimum Gasteiger partial charge on any atom is -0.462 e. The van der Waals surface area contributed by atoms with Gasteiger partial charge in [-0.15, -0.1) is 0 Å². The van der Waals surface area contributed by atoms with Crippen LogP contribution in [0.25, 0.3) is 0 Å². The molecule has 63 heavy (non-hydrogen) atoms. The molecule has 0 fully saturated rings. The molecular weight excluding hydrogens is 781 g/mol. The molecule has 0 aliphatic carbocycles. The van der Waals surface area contributed by atoms with Gasteiger partial charge < -0.3 is 14.2 Å². The summed E-state index contributed by atoms with van der Waals surface area (Å²) in [4.78, 5) is 37.9. The third kappa shape index (κ3) is 49.7. The van der Waals surface area contributed by atoms with Crippen LogP contribution in [0.4, 0.5) is 0 Å². The third-order valence-electron chi connectivity index (χ3n) is 11.3. The number of carbonyl (C=O) groups is 3. The predicted molar refractivity (Wildman–Crippen MR) is 270 cm³/mol. The number of esters is 3. The van der Waals surface area contributed by atoms with Crippen molar-refractivity contribution in [2.45, 2.75) is 258 Å². The Morgan fingerprint density at radius 3 is 1.06 bits per heavy atom. The zero-order valence-corrected chi connectivity index (χ0v) is 41.3. The van der Waals surface area contributed by atoms with Crippen LogP contribution in [0.2, 0.25) is 0 Å². The van der Waals surface area contributed by atoms with Gasteiger partial charge in [0.25, 0.3) is 0 Å². The molecule has 0 saturated heterocycles. The Bertz CT molecular complexity index is 1190. The van der Waals surface area contributed by atoms with Crippen molar-refractivity contribution in [3.63, 3.8) is 0 Å². The normalized spacial score (nSPS) is 12.6. The molecular formula is C57H98O6. The highest BCUT2D eigenvalue weighted by atomic mass is 16.6. The molecule has 1 atom stereocenters. The van der Waals surface area contributed by atoms with Gasteiger partial charge in [-0.25, -0.2) is 0 Å². The molecule has 0 aromatic carbocycles. The second kappa shape index (κ2) is 51.5. The molecule has 0 heterocycles. The molecule has 0 spiro atoms. The van der Waals surface area contributed by atoms with E-state index in [0.717, 1.165) is 64.2 Å². The van der Waals surface area contributed by atoms with E-state index in [0.29, 0.717) is 19.3 Å². The standard InChI is InChI=1S/C57H98O6/c1-4-7-10-13-16-19-22-25-26-27-28-29-30-33-35-38-41-44-47-50-56(59)62-53-54(63-57(60)51-48-45-42-39-36-32-24-21-18-15-12-9-6-3)52-61-55(58)49-46-43-40-37-34-31-23-20-17-14-11-8-5-2/h9,12,15,18,21,24,31-32,34,36,39,42,54H,4-8,10-11,13-14,16-17,19-20,22-23,25-30,33,35,37-38,40-41,43-53H2,1-3H3/b12-9-,18-15-,24-21-,34-31-,36-32-,42-39-. The first kappa shape index (κ1) is 59.9. The van der Waals surface area contributed by atoms with Crippen molar-refractivity contribution < 1.29 is 28.6 Å². The molecule has 6 heteroatoms. The van der Waals surface area contributed by atoms with E-state index in [-0.39, 0.29) is 37.5 Å². The van der Waals surface area contributed by atoms with Crippen LogP contribution < -0.4 is 0 Å². The number of ether oxygens (including phenoxy) is 3. The molecule has 362 valence electrons. The van der Waals surface area contributed by atoms with Gasteiger partial charge in [-0.05, 0) is 57.8 Å². The fourth-order valence-corrected chi connectivity index (χ4v) is 7.35. The van der Waals surface area contributed by atoms with E-state index in [1.54, 1.807) is 0 Å². The number of unbranched alkanes of at least 4 members (excludes halogenated alkanes) is 28. The van der Waals surface area contributed by atoms with Crippen molar-refractivity contribution in [3.8, 4) is 0 Å². The molecule has 0 N–H and O–H groups in total. The summed E-state index contributed by atoms with van der Waals surface area (Å²) in [5.74, 6) is -0.994. The zero-order chi connectivity index (χ0) is 45.8. The van der Waals surface area contributed by atoms with Crippen LogP contribution in [0.15, 0.2) is 72.9 Å². The van der Waals surface area contributed by atoms with Gasteiger partial charge >= 0.3 is 17.9 Å². The number of carbonyl (C=O) groups excluding carboxylic acids is 3. The second-order valence-electron chi connectivity index (χ2n) is 17.5. The number of hydrogen-bond donors (Lipinski definition) is 0. The van der Waals surface area contributed by atoms with Gasteiger partial charge in [0.15, 0.2) is 6.10 Å². The van der Waals surface area contributed by atoms with E-state index in [9.17, 15) is 14.4 Å². The Morgan fingerprint density at radius 2 is 0.651 bits per heavy atom. The van der Waals surface area contributed by atoms with Gasteiger partial charge in [0.05, 0.1) is 0 Å². The van der Waals surface area contributed by atoms with Crippen LogP contribution in [0.3, 0.4) is 0 Å². The molecule has 0 rings (SSSR count). The van der Waals surface area contributed by atoms with Crippen molar-refractivity contribution in [1.29, 1.82) is 0 Å². The van der Waals surface area contributed by atoms with E-state index < -0.39 is 6.10 Å². The van der Waals surface area contributed by atoms with Crippen molar-refractivity contribution in [2.24, 2.45) is 0 Å². The van der Waals surface area contributed by atoms with E-state index in [1.807, 2.05) is 54.7 Å². The van der Waals surface area contributed by atoms with Gasteiger partial charge in [-0.2, -0.15) is 0 Å². The third-order valence-corrected chi connectivity index (χ3v) is 11.3. The summed E-state index contributed by atoms with van der Waals surface area (Å²) in [5, 5.41) is 0. The fraction of sp³-hybridized carbons (Fsp3) is 0.737. The average Bonchev–Trinajstić information content (AvgIpc) is 3.28. The highest BCUT2D eigenvalue weighted by Crippen LogP contribution is 2.16. The first-order valence-corrected chi connectivity index (χ1v) is 26.5. The van der Waals surface area contributed by atoms with Crippen LogP contribution >= 0.6 is 0 Å². The zero-order valence-electron chi connectivity index (χ0n) is 41.3. The van der Waals surface area contributed by atoms with Crippen molar-refractivity contribution in [1.82, 2.24) is 0 Å². The molecule has 0 aliphatic rings. The minimum atomic E-state index is -0.816. The smallest absolute Gasteiger partial charge is 0.306 e. The van der Waals surface area contributed by atoms with Gasteiger partial charge in [-0.3, -0.25) is 14.4 Å². The Kier molecular flexibility index (Phi) is 48.9. The summed E-state index contributed by atoms with van der Waals surface area (Å²) >= 11 is 0. The SMILES string of the molecule is CC\C=C/C=C\C=C/C=C\C=C/CCCC(=O)OC(COC(=O)CCCCC/C=C\CCCCCCCC)COC(=O)CCCCCCCCCCCCCCCCCCCCC. The van der Waals surface area contributed by atoms with Gasteiger partial charge in [-0.1, -0.05) is 248 Å². The Hall–Kier alpha value is -3.15. The van der Waals surface area contributed by atoms with Crippen LogP contribution in [0.5, 0.6) is 0 Å². The van der Waals surface area contributed by atoms with Crippen LogP contribution in [0, 0.1) is 0 Å². The van der Waals surface area contributed by atoms with Crippen molar-refractivity contribution >= 4 is 17.9 Å². The lowest BCUT2D eigenvalue weighted by molar-refractivity contribution is -0.167. The molecule has 6 nitrogen and oxygen atoms in total. The average molecular weight is 879 g/mol. The highest BCUT2D eigenvalue weighted by molar-refractivity contribution is 5.71. The van der Waals surface area contributed by atoms with Crippen LogP contribution in [0.1, 0.15) is 252 Å². The Morgan fingerprint density at radius 1 is 0.333 bits per heavy atom. The van der Waals surface area contributed by atoms with E-state index >= 15 is 0 Å². The van der Waals surface area contributed by atoms with E-state index in [4.69, 9.17) is 14.2 Å². The molecule has 0 aromatic rings. The van der Waals surface area contributed by atoms with Crippen LogP contribution in [-0.2, 0) is 28.6 Å². The molecule has 1 unspecified atom stereocenters. The number of hydrogen-bond acceptors (Lipinski definition) is 6. The summed E-state index contributed by atoms with van der Waals surface area (Å²) in [6, 6.07) is 0. The quantitative estimate of drug-likeness (QED) is 0.0199. The van der Waals surface area contributed by atoms with Crippen molar-refractivity contribution in [2.75, 3.05) is 13.2 Å². The molecule has 0 amide bonds. The van der Waals surface area contributed by atoms with Gasteiger partial charge in [0, 0.05) is 19.3 Å². The lowest BCUT2D eigenvalue weighted by Crippen LogP contribution is -2.30. The molecule has 0 aliphatic heterocycles. The summed E-state index contributed by atoms with van der Waals surface area (Å²) in [5.41, 5.74) is 0. The molecule has 0 aromatic heterocycles. The minimum absolute atomic E-state index is 0.107. The van der Waals surface area contributed by atoms with Gasteiger partial charge in [0.2, 0.25) is 0 Å². The maximum absolute atomic E-state index is 12.7. The van der Waals surface area contributed by atoms with E-state index in [1.165, 1.54) is 141 Å². The molecule has 0 bridgehead atoms. The first-order valence-electron chi connectivity index (χ1n) is 26.5. The number of allylic oxidation sites excluding steroid dienone is 12. The van der Waals surface area contributed by atoms with Crippen LogP contribution in [-0.4, -0.2) is 37.2 Å². The lowest BCUT2D eigenvalue weighted by Gasteiger charge is -2.18. The summed E-state index contributed by atoms with van der Waals surface area (Å²) in [7, 11) is 0. The second-order valence-corrected chi connectivity index (χ2v) is 17.5.